The quantitative estimate of drug-likeness (QED) is 0.344. The topological polar surface area (TPSA) is 63.4 Å². The van der Waals surface area contributed by atoms with Crippen LogP contribution < -0.4 is 15.0 Å². The lowest BCUT2D eigenvalue weighted by molar-refractivity contribution is 0.404. The summed E-state index contributed by atoms with van der Waals surface area (Å²) in [5.41, 5.74) is 5.02. The van der Waals surface area contributed by atoms with Crippen LogP contribution in [0, 0.1) is 12.7 Å². The van der Waals surface area contributed by atoms with Gasteiger partial charge in [-0.2, -0.15) is 4.98 Å². The SMILES string of the molecule is COc1ccc(C2NC(=S)N(c3cccc(F)c3)C(C)=C2c2nc(-c3cccc(C)c3)no2)cc1. The molecule has 1 atom stereocenters. The van der Waals surface area contributed by atoms with Crippen LogP contribution in [0.4, 0.5) is 10.1 Å². The maximum absolute atomic E-state index is 14.1. The molecule has 0 radical (unpaired) electrons. The lowest BCUT2D eigenvalue weighted by atomic mass is 9.94. The summed E-state index contributed by atoms with van der Waals surface area (Å²) in [5, 5.41) is 8.07. The summed E-state index contributed by atoms with van der Waals surface area (Å²) in [6.45, 7) is 3.93. The molecule has 1 aliphatic heterocycles. The largest absolute Gasteiger partial charge is 0.497 e. The molecule has 1 N–H and O–H groups in total. The first-order valence-electron chi connectivity index (χ1n) is 11.1. The average Bonchev–Trinajstić information content (AvgIpc) is 3.34. The van der Waals surface area contributed by atoms with E-state index in [0.717, 1.165) is 33.7 Å². The van der Waals surface area contributed by atoms with Crippen molar-refractivity contribution in [3.63, 3.8) is 0 Å². The van der Waals surface area contributed by atoms with Gasteiger partial charge in [0.2, 0.25) is 5.82 Å². The zero-order valence-electron chi connectivity index (χ0n) is 19.4. The Hall–Kier alpha value is -4.04. The van der Waals surface area contributed by atoms with Crippen LogP contribution in [0.2, 0.25) is 0 Å². The number of anilines is 1. The summed E-state index contributed by atoms with van der Waals surface area (Å²) in [4.78, 5) is 6.51. The van der Waals surface area contributed by atoms with Gasteiger partial charge in [0.25, 0.3) is 5.89 Å². The Bertz CT molecular complexity index is 1430. The van der Waals surface area contributed by atoms with Crippen molar-refractivity contribution in [1.82, 2.24) is 15.5 Å². The second-order valence-electron chi connectivity index (χ2n) is 8.26. The molecule has 0 amide bonds. The molecule has 0 spiro atoms. The zero-order valence-corrected chi connectivity index (χ0v) is 20.3. The highest BCUT2D eigenvalue weighted by Crippen LogP contribution is 2.39. The lowest BCUT2D eigenvalue weighted by Gasteiger charge is -2.37. The van der Waals surface area contributed by atoms with E-state index >= 15 is 0 Å². The number of ether oxygens (including phenoxy) is 1. The number of thiocarbonyl (C=S) groups is 1. The number of benzene rings is 3. The molecule has 4 aromatic rings. The van der Waals surface area contributed by atoms with Crippen LogP contribution in [-0.2, 0) is 0 Å². The first kappa shape index (κ1) is 22.7. The Kier molecular flexibility index (Phi) is 6.05. The summed E-state index contributed by atoms with van der Waals surface area (Å²) in [6.07, 6.45) is 0. The van der Waals surface area contributed by atoms with E-state index in [-0.39, 0.29) is 11.9 Å². The molecule has 1 unspecified atom stereocenters. The lowest BCUT2D eigenvalue weighted by Crippen LogP contribution is -2.46. The van der Waals surface area contributed by atoms with Crippen LogP contribution in [-0.4, -0.2) is 22.4 Å². The highest BCUT2D eigenvalue weighted by Gasteiger charge is 2.35. The van der Waals surface area contributed by atoms with E-state index in [4.69, 9.17) is 26.5 Å². The van der Waals surface area contributed by atoms with Gasteiger partial charge >= 0.3 is 0 Å². The maximum atomic E-state index is 14.1. The fourth-order valence-electron chi connectivity index (χ4n) is 4.23. The predicted octanol–water partition coefficient (Wildman–Crippen LogP) is 6.06. The Morgan fingerprint density at radius 3 is 2.51 bits per heavy atom. The third-order valence-corrected chi connectivity index (χ3v) is 6.23. The van der Waals surface area contributed by atoms with E-state index in [1.165, 1.54) is 12.1 Å². The number of nitrogens with one attached hydrogen (secondary N) is 1. The third kappa shape index (κ3) is 4.40. The molecule has 1 aromatic heterocycles. The molecule has 0 aliphatic carbocycles. The molecular weight excluding hydrogens is 463 g/mol. The van der Waals surface area contributed by atoms with Gasteiger partial charge in [-0.15, -0.1) is 0 Å². The number of hydrogen-bond donors (Lipinski definition) is 1. The van der Waals surface area contributed by atoms with Crippen molar-refractivity contribution in [2.24, 2.45) is 0 Å². The molecule has 8 heteroatoms. The molecule has 0 bridgehead atoms. The molecule has 0 saturated heterocycles. The van der Waals surface area contributed by atoms with E-state index in [9.17, 15) is 4.39 Å². The van der Waals surface area contributed by atoms with Crippen LogP contribution in [0.5, 0.6) is 5.75 Å². The van der Waals surface area contributed by atoms with E-state index < -0.39 is 0 Å². The van der Waals surface area contributed by atoms with Crippen molar-refractivity contribution in [1.29, 1.82) is 0 Å². The van der Waals surface area contributed by atoms with Crippen molar-refractivity contribution in [2.45, 2.75) is 19.9 Å². The third-order valence-electron chi connectivity index (χ3n) is 5.93. The Labute approximate surface area is 208 Å². The highest BCUT2D eigenvalue weighted by molar-refractivity contribution is 7.80. The number of rotatable bonds is 5. The summed E-state index contributed by atoms with van der Waals surface area (Å²) < 4.78 is 25.2. The number of halogens is 1. The molecule has 0 fully saturated rings. The van der Waals surface area contributed by atoms with E-state index in [0.29, 0.717) is 22.5 Å². The minimum absolute atomic E-state index is 0.351. The number of aryl methyl sites for hydroxylation is 1. The van der Waals surface area contributed by atoms with Gasteiger partial charge in [0.15, 0.2) is 5.11 Å². The fourth-order valence-corrected chi connectivity index (χ4v) is 4.59. The van der Waals surface area contributed by atoms with Gasteiger partial charge in [0, 0.05) is 11.3 Å². The number of methoxy groups -OCH3 is 1. The summed E-state index contributed by atoms with van der Waals surface area (Å²) in [6, 6.07) is 21.5. The normalized spacial score (nSPS) is 15.8. The van der Waals surface area contributed by atoms with Crippen molar-refractivity contribution < 1.29 is 13.7 Å². The Morgan fingerprint density at radius 2 is 1.80 bits per heavy atom. The zero-order chi connectivity index (χ0) is 24.5. The molecule has 176 valence electrons. The molecule has 0 saturated carbocycles. The van der Waals surface area contributed by atoms with Gasteiger partial charge in [-0.05, 0) is 68.0 Å². The van der Waals surface area contributed by atoms with E-state index in [1.54, 1.807) is 24.1 Å². The van der Waals surface area contributed by atoms with Crippen LogP contribution in [0.15, 0.2) is 83.0 Å². The van der Waals surface area contributed by atoms with Crippen molar-refractivity contribution in [2.75, 3.05) is 12.0 Å². The summed E-state index contributed by atoms with van der Waals surface area (Å²) >= 11 is 5.72. The second kappa shape index (κ2) is 9.31. The Morgan fingerprint density at radius 1 is 1.03 bits per heavy atom. The van der Waals surface area contributed by atoms with Crippen LogP contribution in [0.3, 0.4) is 0 Å². The van der Waals surface area contributed by atoms with Gasteiger partial charge in [0.1, 0.15) is 11.6 Å². The molecule has 1 aliphatic rings. The van der Waals surface area contributed by atoms with Gasteiger partial charge in [-0.3, -0.25) is 4.90 Å². The maximum Gasteiger partial charge on any atom is 0.258 e. The molecule has 35 heavy (non-hydrogen) atoms. The minimum atomic E-state index is -0.357. The van der Waals surface area contributed by atoms with Crippen LogP contribution in [0.1, 0.15) is 30.0 Å². The predicted molar refractivity (Wildman–Crippen MR) is 137 cm³/mol. The second-order valence-corrected chi connectivity index (χ2v) is 8.65. The van der Waals surface area contributed by atoms with Crippen molar-refractivity contribution in [3.05, 3.63) is 101 Å². The molecule has 6 nitrogen and oxygen atoms in total. The summed E-state index contributed by atoms with van der Waals surface area (Å²) in [5.74, 6) is 1.24. The number of nitrogens with zero attached hydrogens (tertiary/aromatic N) is 3. The summed E-state index contributed by atoms with van der Waals surface area (Å²) in [7, 11) is 1.63. The van der Waals surface area contributed by atoms with Crippen molar-refractivity contribution >= 4 is 28.6 Å². The van der Waals surface area contributed by atoms with Crippen LogP contribution >= 0.6 is 12.2 Å². The standard InChI is InChI=1S/C27H23FN4O2S/c1-16-6-4-7-19(14-16)25-30-26(34-31-25)23-17(2)32(21-9-5-8-20(28)15-21)27(35)29-24(23)18-10-12-22(33-3)13-11-18/h4-15,24H,1-3H3,(H,29,35). The number of allylic oxidation sites excluding steroid dienone is 1. The molecule has 3 aromatic carbocycles. The fraction of sp³-hybridized carbons (Fsp3) is 0.148. The smallest absolute Gasteiger partial charge is 0.258 e. The van der Waals surface area contributed by atoms with Crippen LogP contribution in [0.25, 0.3) is 17.0 Å². The molecular formula is C27H23FN4O2S. The highest BCUT2D eigenvalue weighted by atomic mass is 32.1. The first-order valence-corrected chi connectivity index (χ1v) is 11.5. The van der Waals surface area contributed by atoms with E-state index in [2.05, 4.69) is 10.5 Å². The van der Waals surface area contributed by atoms with Gasteiger partial charge < -0.3 is 14.6 Å². The van der Waals surface area contributed by atoms with E-state index in [1.807, 2.05) is 62.4 Å². The van der Waals surface area contributed by atoms with Gasteiger partial charge in [-0.25, -0.2) is 4.39 Å². The average molecular weight is 487 g/mol. The van der Waals surface area contributed by atoms with Crippen molar-refractivity contribution in [3.8, 4) is 17.1 Å². The molecule has 2 heterocycles. The van der Waals surface area contributed by atoms with Gasteiger partial charge in [-0.1, -0.05) is 47.1 Å². The minimum Gasteiger partial charge on any atom is -0.497 e. The Balaban J connectivity index is 1.65. The monoisotopic (exact) mass is 486 g/mol. The number of hydrogen-bond acceptors (Lipinski definition) is 5. The van der Waals surface area contributed by atoms with Gasteiger partial charge in [0.05, 0.1) is 24.4 Å². The molecule has 5 rings (SSSR count). The first-order chi connectivity index (χ1) is 16.9. The number of aromatic nitrogens is 2.